The monoisotopic (exact) mass is 366 g/mol. The second kappa shape index (κ2) is 7.05. The van der Waals surface area contributed by atoms with Crippen molar-refractivity contribution < 1.29 is 4.79 Å². The van der Waals surface area contributed by atoms with E-state index in [1.54, 1.807) is 23.1 Å². The van der Waals surface area contributed by atoms with Crippen LogP contribution in [0.2, 0.25) is 5.02 Å². The number of aryl methyl sites for hydroxylation is 1. The maximum absolute atomic E-state index is 12.6. The first-order valence-corrected chi connectivity index (χ1v) is 7.85. The van der Waals surface area contributed by atoms with Crippen molar-refractivity contribution in [2.75, 3.05) is 6.54 Å². The van der Waals surface area contributed by atoms with Gasteiger partial charge in [-0.25, -0.2) is 0 Å². The number of carbonyl (C=O) groups is 1. The molecule has 0 aliphatic carbocycles. The van der Waals surface area contributed by atoms with Gasteiger partial charge in [0.1, 0.15) is 0 Å². The first kappa shape index (κ1) is 16.0. The number of carbonyl (C=O) groups excluding carboxylic acids is 1. The van der Waals surface area contributed by atoms with Gasteiger partial charge in [0.2, 0.25) is 0 Å². The molecule has 1 amide bonds. The molecule has 21 heavy (non-hydrogen) atoms. The molecule has 0 bridgehead atoms. The molecule has 1 aromatic heterocycles. The zero-order valence-corrected chi connectivity index (χ0v) is 14.3. The summed E-state index contributed by atoms with van der Waals surface area (Å²) in [6.45, 7) is 5.00. The number of nitrogens with zero attached hydrogens (tertiary/aromatic N) is 2. The highest BCUT2D eigenvalue weighted by Gasteiger charge is 2.16. The van der Waals surface area contributed by atoms with Crippen molar-refractivity contribution in [3.8, 4) is 0 Å². The Hall–Kier alpha value is -1.39. The molecule has 110 valence electrons. The Bertz CT molecular complexity index is 660. The van der Waals surface area contributed by atoms with Crippen LogP contribution in [0.15, 0.2) is 40.9 Å². The van der Waals surface area contributed by atoms with Crippen molar-refractivity contribution in [2.24, 2.45) is 0 Å². The topological polar surface area (TPSA) is 33.2 Å². The van der Waals surface area contributed by atoms with Crippen LogP contribution in [0.1, 0.15) is 28.7 Å². The smallest absolute Gasteiger partial charge is 0.254 e. The molecule has 0 saturated heterocycles. The second-order valence-corrected chi connectivity index (χ2v) is 5.98. The molecule has 2 rings (SSSR count). The van der Waals surface area contributed by atoms with Crippen LogP contribution in [0.25, 0.3) is 0 Å². The second-order valence-electron chi connectivity index (χ2n) is 4.72. The first-order valence-electron chi connectivity index (χ1n) is 6.68. The minimum atomic E-state index is -0.0461. The fourth-order valence-electron chi connectivity index (χ4n) is 2.02. The van der Waals surface area contributed by atoms with Gasteiger partial charge in [-0.15, -0.1) is 0 Å². The lowest BCUT2D eigenvalue weighted by Crippen LogP contribution is -2.30. The summed E-state index contributed by atoms with van der Waals surface area (Å²) in [7, 11) is 0. The molecule has 0 saturated carbocycles. The molecule has 0 spiro atoms. The van der Waals surface area contributed by atoms with Gasteiger partial charge < -0.3 is 4.90 Å². The lowest BCUT2D eigenvalue weighted by molar-refractivity contribution is 0.0750. The summed E-state index contributed by atoms with van der Waals surface area (Å²) < 4.78 is 0.782. The lowest BCUT2D eigenvalue weighted by atomic mass is 10.2. The van der Waals surface area contributed by atoms with Gasteiger partial charge in [-0.05, 0) is 60.1 Å². The number of aromatic nitrogens is 1. The van der Waals surface area contributed by atoms with Crippen molar-refractivity contribution in [2.45, 2.75) is 20.4 Å². The van der Waals surface area contributed by atoms with Crippen LogP contribution < -0.4 is 0 Å². The Morgan fingerprint density at radius 1 is 1.33 bits per heavy atom. The molecule has 0 atom stereocenters. The minimum absolute atomic E-state index is 0.0461. The minimum Gasteiger partial charge on any atom is -0.333 e. The Morgan fingerprint density at radius 3 is 2.71 bits per heavy atom. The van der Waals surface area contributed by atoms with Gasteiger partial charge in [-0.1, -0.05) is 17.7 Å². The summed E-state index contributed by atoms with van der Waals surface area (Å²) in [4.78, 5) is 18.7. The van der Waals surface area contributed by atoms with Crippen LogP contribution in [0.5, 0.6) is 0 Å². The molecule has 0 N–H and O–H groups in total. The largest absolute Gasteiger partial charge is 0.333 e. The molecule has 1 aromatic carbocycles. The van der Waals surface area contributed by atoms with E-state index in [9.17, 15) is 4.79 Å². The van der Waals surface area contributed by atoms with Crippen molar-refractivity contribution in [3.63, 3.8) is 0 Å². The summed E-state index contributed by atoms with van der Waals surface area (Å²) in [5.74, 6) is -0.0461. The third kappa shape index (κ3) is 4.05. The first-order chi connectivity index (χ1) is 10.0. The van der Waals surface area contributed by atoms with Crippen molar-refractivity contribution in [3.05, 3.63) is 62.8 Å². The van der Waals surface area contributed by atoms with E-state index in [1.807, 2.05) is 32.0 Å². The summed E-state index contributed by atoms with van der Waals surface area (Å²) in [5.41, 5.74) is 2.41. The number of rotatable bonds is 4. The number of hydrogen-bond donors (Lipinski definition) is 0. The highest BCUT2D eigenvalue weighted by molar-refractivity contribution is 9.10. The van der Waals surface area contributed by atoms with Gasteiger partial charge in [0, 0.05) is 22.3 Å². The van der Waals surface area contributed by atoms with Gasteiger partial charge in [0.05, 0.1) is 17.3 Å². The van der Waals surface area contributed by atoms with E-state index in [4.69, 9.17) is 11.6 Å². The summed E-state index contributed by atoms with van der Waals surface area (Å²) >= 11 is 9.38. The Balaban J connectivity index is 2.20. The van der Waals surface area contributed by atoms with Crippen LogP contribution >= 0.6 is 27.5 Å². The predicted molar refractivity (Wildman–Crippen MR) is 88.5 cm³/mol. The molecular weight excluding hydrogens is 352 g/mol. The number of halogens is 2. The molecule has 3 nitrogen and oxygen atoms in total. The van der Waals surface area contributed by atoms with E-state index in [2.05, 4.69) is 20.9 Å². The zero-order chi connectivity index (χ0) is 15.4. The van der Waals surface area contributed by atoms with E-state index in [1.165, 1.54) is 0 Å². The molecule has 0 aliphatic rings. The Morgan fingerprint density at radius 2 is 2.10 bits per heavy atom. The van der Waals surface area contributed by atoms with Gasteiger partial charge >= 0.3 is 0 Å². The third-order valence-electron chi connectivity index (χ3n) is 3.13. The standard InChI is InChI=1S/C16H16BrClN2O/c1-3-20(10-13-6-4-5-11(2)19-13)16(21)12-7-8-14(17)15(18)9-12/h4-9H,3,10H2,1-2H3. The van der Waals surface area contributed by atoms with Gasteiger partial charge in [-0.2, -0.15) is 0 Å². The Labute approximate surface area is 138 Å². The highest BCUT2D eigenvalue weighted by atomic mass is 79.9. The van der Waals surface area contributed by atoms with Gasteiger partial charge in [-0.3, -0.25) is 9.78 Å². The molecule has 0 aliphatic heterocycles. The normalized spacial score (nSPS) is 10.5. The molecule has 5 heteroatoms. The molecule has 0 unspecified atom stereocenters. The fourth-order valence-corrected chi connectivity index (χ4v) is 2.45. The van der Waals surface area contributed by atoms with Crippen LogP contribution in [-0.2, 0) is 6.54 Å². The van der Waals surface area contributed by atoms with Crippen molar-refractivity contribution >= 4 is 33.4 Å². The average molecular weight is 368 g/mol. The van der Waals surface area contributed by atoms with Gasteiger partial charge in [0.15, 0.2) is 0 Å². The molecule has 2 aromatic rings. The van der Waals surface area contributed by atoms with Gasteiger partial charge in [0.25, 0.3) is 5.91 Å². The summed E-state index contributed by atoms with van der Waals surface area (Å²) in [5, 5.41) is 0.533. The SMILES string of the molecule is CCN(Cc1cccc(C)n1)C(=O)c1ccc(Br)c(Cl)c1. The summed E-state index contributed by atoms with van der Waals surface area (Å²) in [6.07, 6.45) is 0. The van der Waals surface area contributed by atoms with Crippen LogP contribution in [0.4, 0.5) is 0 Å². The third-order valence-corrected chi connectivity index (χ3v) is 4.37. The summed E-state index contributed by atoms with van der Waals surface area (Å²) in [6, 6.07) is 11.1. The average Bonchev–Trinajstić information content (AvgIpc) is 2.47. The number of hydrogen-bond acceptors (Lipinski definition) is 2. The maximum atomic E-state index is 12.6. The van der Waals surface area contributed by atoms with Crippen LogP contribution in [0.3, 0.4) is 0 Å². The zero-order valence-electron chi connectivity index (χ0n) is 11.9. The fraction of sp³-hybridized carbons (Fsp3) is 0.250. The predicted octanol–water partition coefficient (Wildman–Crippen LogP) is 4.47. The van der Waals surface area contributed by atoms with Crippen LogP contribution in [-0.4, -0.2) is 22.3 Å². The van der Waals surface area contributed by atoms with E-state index < -0.39 is 0 Å². The maximum Gasteiger partial charge on any atom is 0.254 e. The van der Waals surface area contributed by atoms with E-state index >= 15 is 0 Å². The highest BCUT2D eigenvalue weighted by Crippen LogP contribution is 2.24. The van der Waals surface area contributed by atoms with E-state index in [0.29, 0.717) is 23.7 Å². The number of benzene rings is 1. The van der Waals surface area contributed by atoms with E-state index in [0.717, 1.165) is 15.9 Å². The van der Waals surface area contributed by atoms with Crippen molar-refractivity contribution in [1.82, 2.24) is 9.88 Å². The quantitative estimate of drug-likeness (QED) is 0.799. The lowest BCUT2D eigenvalue weighted by Gasteiger charge is -2.21. The Kier molecular flexibility index (Phi) is 5.37. The van der Waals surface area contributed by atoms with E-state index in [-0.39, 0.29) is 5.91 Å². The molecule has 0 fully saturated rings. The molecular formula is C16H16BrClN2O. The molecule has 1 heterocycles. The number of amides is 1. The van der Waals surface area contributed by atoms with Crippen molar-refractivity contribution in [1.29, 1.82) is 0 Å². The molecule has 0 radical (unpaired) electrons. The van der Waals surface area contributed by atoms with Crippen LogP contribution in [0, 0.1) is 6.92 Å². The number of pyridine rings is 1.